The van der Waals surface area contributed by atoms with Crippen LogP contribution in [0, 0.1) is 32.5 Å². The molecule has 0 fully saturated rings. The van der Waals surface area contributed by atoms with Crippen molar-refractivity contribution in [1.82, 2.24) is 0 Å². The van der Waals surface area contributed by atoms with Gasteiger partial charge in [-0.25, -0.2) is 0 Å². The summed E-state index contributed by atoms with van der Waals surface area (Å²) >= 11 is 0. The van der Waals surface area contributed by atoms with Crippen molar-refractivity contribution in [2.45, 2.75) is 166 Å². The molecule has 6 heteroatoms. The molecule has 0 N–H and O–H groups in total. The maximum atomic E-state index is 2.50. The van der Waals surface area contributed by atoms with E-state index < -0.39 is 0 Å². The van der Waals surface area contributed by atoms with Crippen molar-refractivity contribution in [1.29, 1.82) is 0 Å². The quantitative estimate of drug-likeness (QED) is 0.247. The van der Waals surface area contributed by atoms with Crippen LogP contribution in [0.4, 0.5) is 0 Å². The third-order valence-corrected chi connectivity index (χ3v) is 42.6. The summed E-state index contributed by atoms with van der Waals surface area (Å²) in [5, 5.41) is 21.4. The molecule has 0 radical (unpaired) electrons. The van der Waals surface area contributed by atoms with E-state index in [2.05, 4.69) is 166 Å². The maximum Gasteiger partial charge on any atom is 0.0148 e. The Kier molecular flexibility index (Phi) is 11.2. The molecule has 66 heavy (non-hydrogen) atoms. The Morgan fingerprint density at radius 1 is 0.197 bits per heavy atom. The first-order valence-corrected chi connectivity index (χ1v) is 34.6. The van der Waals surface area contributed by atoms with Crippen molar-refractivity contribution in [3.05, 3.63) is 131 Å². The first kappa shape index (κ1) is 49.1. The van der Waals surface area contributed by atoms with Gasteiger partial charge >= 0.3 is 0 Å². The predicted molar refractivity (Wildman–Crippen MR) is 306 cm³/mol. The zero-order valence-corrected chi connectivity index (χ0v) is 51.3. The van der Waals surface area contributed by atoms with Gasteiger partial charge in [0, 0.05) is 32.5 Å². The van der Waals surface area contributed by atoms with Crippen LogP contribution in [0.5, 0.6) is 0 Å². The largest absolute Gasteiger partial charge is 0.0592 e. The molecule has 0 saturated carbocycles. The highest BCUT2D eigenvalue weighted by molar-refractivity contribution is 7.74. The fourth-order valence-corrected chi connectivity index (χ4v) is 39.0. The summed E-state index contributed by atoms with van der Waals surface area (Å²) in [6, 6.07) is 0. The molecule has 12 aliphatic rings. The van der Waals surface area contributed by atoms with Crippen LogP contribution in [-0.4, -0.2) is 37.0 Å². The average molecular weight is 991 g/mol. The van der Waals surface area contributed by atoms with E-state index in [1.165, 1.54) is 37.0 Å². The summed E-state index contributed by atoms with van der Waals surface area (Å²) in [5.74, 6) is 0. The molecule has 0 aromatic heterocycles. The number of rotatable bonds is 3. The van der Waals surface area contributed by atoms with Gasteiger partial charge in [0.15, 0.2) is 0 Å². The zero-order chi connectivity index (χ0) is 48.6. The molecule has 0 amide bonds. The number of allylic oxidation sites excluding steroid dienone is 24. The second kappa shape index (κ2) is 15.0. The SMILES string of the molecule is CC1=C(C)[C@@]2(C)C[P@]1C(C1=C(C)[C@]3(C)C[P@@]1C(C)=C3C)=C2C.CC1=C(C)[C@]2(C)C[P@@]1C(C1=C(C)[C@@]3(C)C[P@]1C(C)=C3C)=C2C.CC1=C(C)[C@]2(C)C[P@@]1C(C1=C(C)[C@]3(C)C[P@@]1C(C)=C3C)=C2C. The first-order valence-electron chi connectivity index (χ1n) is 25.5. The van der Waals surface area contributed by atoms with E-state index in [4.69, 9.17) is 0 Å². The summed E-state index contributed by atoms with van der Waals surface area (Å²) in [6.45, 7) is 58.6. The van der Waals surface area contributed by atoms with Gasteiger partial charge in [-0.05, 0) is 273 Å². The Morgan fingerprint density at radius 2 is 0.303 bits per heavy atom. The highest BCUT2D eigenvalue weighted by atomic mass is 31.1. The van der Waals surface area contributed by atoms with Crippen LogP contribution in [0.2, 0.25) is 0 Å². The third-order valence-electron chi connectivity index (χ3n) is 22.9. The minimum absolute atomic E-state index is 0.0309. The molecule has 12 aliphatic heterocycles. The van der Waals surface area contributed by atoms with E-state index in [9.17, 15) is 0 Å². The fraction of sp³-hybridized carbons (Fsp3) is 0.600. The summed E-state index contributed by atoms with van der Waals surface area (Å²) in [5.41, 5.74) is 22.7. The Balaban J connectivity index is 0.000000116. The number of hydrogen-bond donors (Lipinski definition) is 0. The van der Waals surface area contributed by atoms with Crippen molar-refractivity contribution in [2.24, 2.45) is 32.5 Å². The topological polar surface area (TPSA) is 0 Å². The van der Waals surface area contributed by atoms with E-state index in [-0.39, 0.29) is 47.5 Å². The molecule has 0 aromatic rings. The zero-order valence-electron chi connectivity index (χ0n) is 45.9. The second-order valence-electron chi connectivity index (χ2n) is 24.6. The van der Waals surface area contributed by atoms with Gasteiger partial charge in [0.05, 0.1) is 0 Å². The van der Waals surface area contributed by atoms with E-state index in [0.717, 1.165) is 0 Å². The van der Waals surface area contributed by atoms with Gasteiger partial charge in [0.2, 0.25) is 0 Å². The van der Waals surface area contributed by atoms with Gasteiger partial charge in [0.25, 0.3) is 0 Å². The molecule has 0 aromatic carbocycles. The molecular weight excluding hydrogens is 907 g/mol. The molecule has 354 valence electrons. The lowest BCUT2D eigenvalue weighted by Crippen LogP contribution is -2.19. The van der Waals surface area contributed by atoms with Gasteiger partial charge in [-0.15, -0.1) is 0 Å². The lowest BCUT2D eigenvalue weighted by Gasteiger charge is -2.32. The molecule has 0 aliphatic carbocycles. The van der Waals surface area contributed by atoms with Gasteiger partial charge in [-0.2, -0.15) is 0 Å². The van der Waals surface area contributed by atoms with Crippen molar-refractivity contribution in [2.75, 3.05) is 37.0 Å². The van der Waals surface area contributed by atoms with Gasteiger partial charge in [-0.1, -0.05) is 108 Å². The standard InChI is InChI=1S/3C20H28P2/c3*1-11-15(5)21-9-19(11,7)13(3)17(21)18-14(4)20(8)10-22(18)16(6)12(20)2/h3*9-10H2,1-8H3/t19-,20+,21+,22-;2*19-,20-,21+,22+/m.10/s1. The van der Waals surface area contributed by atoms with E-state index in [0.29, 0.717) is 32.5 Å². The highest BCUT2D eigenvalue weighted by Gasteiger charge is 2.58. The van der Waals surface area contributed by atoms with Crippen LogP contribution in [0.1, 0.15) is 166 Å². The average Bonchev–Trinajstić information content (AvgIpc) is 4.19. The third kappa shape index (κ3) is 5.64. The highest BCUT2D eigenvalue weighted by Crippen LogP contribution is 2.86. The summed E-state index contributed by atoms with van der Waals surface area (Å²) in [4.78, 5) is 0. The molecular formula is C60H84P6. The van der Waals surface area contributed by atoms with E-state index in [1.807, 2.05) is 31.9 Å². The van der Waals surface area contributed by atoms with Crippen LogP contribution in [-0.2, 0) is 0 Å². The van der Waals surface area contributed by atoms with E-state index >= 15 is 0 Å². The van der Waals surface area contributed by atoms with Crippen LogP contribution in [0.15, 0.2) is 131 Å². The fourth-order valence-electron chi connectivity index (χ4n) is 15.4. The Hall–Kier alpha value is -0.540. The normalized spacial score (nSPS) is 43.6. The van der Waals surface area contributed by atoms with Crippen LogP contribution in [0.25, 0.3) is 0 Å². The smallest absolute Gasteiger partial charge is 0.0148 e. The number of fused-ring (bicyclic) bond motifs is 12. The Bertz CT molecular complexity index is 2350. The monoisotopic (exact) mass is 990 g/mol. The summed E-state index contributed by atoms with van der Waals surface area (Å²) in [7, 11) is -0.186. The second-order valence-corrected chi connectivity index (χ2v) is 38.4. The first-order chi connectivity index (χ1) is 30.4. The summed E-state index contributed by atoms with van der Waals surface area (Å²) < 4.78 is 0. The van der Waals surface area contributed by atoms with Gasteiger partial charge in [0.1, 0.15) is 0 Å². The van der Waals surface area contributed by atoms with Crippen LogP contribution in [0.3, 0.4) is 0 Å². The minimum atomic E-state index is -0.0309. The predicted octanol–water partition coefficient (Wildman–Crippen LogP) is 21.5. The molecule has 0 nitrogen and oxygen atoms in total. The van der Waals surface area contributed by atoms with Crippen molar-refractivity contribution in [3.63, 3.8) is 0 Å². The van der Waals surface area contributed by atoms with Gasteiger partial charge in [-0.3, -0.25) is 0 Å². The van der Waals surface area contributed by atoms with Crippen LogP contribution >= 0.6 is 47.5 Å². The molecule has 12 rings (SSSR count). The van der Waals surface area contributed by atoms with Crippen molar-refractivity contribution >= 4 is 47.5 Å². The lowest BCUT2D eigenvalue weighted by molar-refractivity contribution is 0.557. The minimum Gasteiger partial charge on any atom is -0.0592 e. The molecule has 0 spiro atoms. The molecule has 12 heterocycles. The molecule has 0 unspecified atom stereocenters. The van der Waals surface area contributed by atoms with E-state index in [1.54, 1.807) is 98.8 Å². The van der Waals surface area contributed by atoms with Crippen molar-refractivity contribution < 1.29 is 0 Å². The van der Waals surface area contributed by atoms with Crippen LogP contribution < -0.4 is 0 Å². The molecule has 12 atom stereocenters. The number of hydrogen-bond acceptors (Lipinski definition) is 0. The lowest BCUT2D eigenvalue weighted by atomic mass is 9.76. The molecule has 0 saturated heterocycles. The molecule has 12 bridgehead atoms. The summed E-state index contributed by atoms with van der Waals surface area (Å²) in [6.07, 6.45) is 8.41. The maximum absolute atomic E-state index is 2.50. The Morgan fingerprint density at radius 3 is 0.394 bits per heavy atom. The van der Waals surface area contributed by atoms with Gasteiger partial charge < -0.3 is 0 Å². The Labute approximate surface area is 411 Å². The van der Waals surface area contributed by atoms with Crippen molar-refractivity contribution in [3.8, 4) is 0 Å².